The van der Waals surface area contributed by atoms with Crippen molar-refractivity contribution in [3.63, 3.8) is 0 Å². The highest BCUT2D eigenvalue weighted by Crippen LogP contribution is 2.15. The smallest absolute Gasteiger partial charge is 0.140 e. The molecule has 0 unspecified atom stereocenters. The van der Waals surface area contributed by atoms with Gasteiger partial charge in [0.05, 0.1) is 5.52 Å². The minimum Gasteiger partial charge on any atom is -0.286 e. The zero-order valence-electron chi connectivity index (χ0n) is 9.86. The van der Waals surface area contributed by atoms with Gasteiger partial charge in [-0.2, -0.15) is 0 Å². The Kier molecular flexibility index (Phi) is 2.01. The molecule has 3 aromatic rings. The number of benzene rings is 1. The predicted octanol–water partition coefficient (Wildman–Crippen LogP) is 2.58. The molecule has 0 spiro atoms. The van der Waals surface area contributed by atoms with Gasteiger partial charge in [0.2, 0.25) is 0 Å². The molecule has 0 bridgehead atoms. The van der Waals surface area contributed by atoms with Crippen LogP contribution in [0.25, 0.3) is 16.6 Å². The first kappa shape index (κ1) is 10.0. The number of aromatic nitrogens is 2. The van der Waals surface area contributed by atoms with Gasteiger partial charge in [0, 0.05) is 11.6 Å². The fourth-order valence-electron chi connectivity index (χ4n) is 2.05. The van der Waals surface area contributed by atoms with Crippen molar-refractivity contribution in [3.8, 4) is 0 Å². The molecule has 0 amide bonds. The zero-order chi connectivity index (χ0) is 12.0. The van der Waals surface area contributed by atoms with E-state index in [-0.39, 0.29) is 0 Å². The third-order valence-corrected chi connectivity index (χ3v) is 3.18. The third-order valence-electron chi connectivity index (χ3n) is 3.18. The van der Waals surface area contributed by atoms with E-state index in [0.717, 1.165) is 16.6 Å². The highest BCUT2D eigenvalue weighted by molar-refractivity contribution is 5.80. The van der Waals surface area contributed by atoms with Gasteiger partial charge in [0.1, 0.15) is 11.1 Å². The fourth-order valence-corrected chi connectivity index (χ4v) is 2.05. The molecular weight excluding hydrogens is 210 g/mol. The highest BCUT2D eigenvalue weighted by atomic mass is 15.0. The molecule has 17 heavy (non-hydrogen) atoms. The van der Waals surface area contributed by atoms with E-state index < -0.39 is 0 Å². The van der Waals surface area contributed by atoms with Crippen LogP contribution >= 0.6 is 0 Å². The fraction of sp³-hybridized carbons (Fsp3) is 0.143. The van der Waals surface area contributed by atoms with E-state index in [4.69, 9.17) is 5.41 Å². The molecule has 0 fully saturated rings. The van der Waals surface area contributed by atoms with Crippen molar-refractivity contribution in [1.29, 1.82) is 5.41 Å². The van der Waals surface area contributed by atoms with Gasteiger partial charge in [-0.15, -0.1) is 0 Å². The Hall–Kier alpha value is -2.16. The van der Waals surface area contributed by atoms with Gasteiger partial charge >= 0.3 is 0 Å². The summed E-state index contributed by atoms with van der Waals surface area (Å²) in [7, 11) is 0. The second kappa shape index (κ2) is 3.42. The Balaban J connectivity index is 2.60. The maximum Gasteiger partial charge on any atom is 0.140 e. The molecule has 0 saturated carbocycles. The Morgan fingerprint density at radius 2 is 1.88 bits per heavy atom. The van der Waals surface area contributed by atoms with E-state index in [1.165, 1.54) is 11.1 Å². The quantitative estimate of drug-likeness (QED) is 0.585. The van der Waals surface area contributed by atoms with E-state index in [9.17, 15) is 0 Å². The van der Waals surface area contributed by atoms with Crippen LogP contribution in [0, 0.1) is 19.3 Å². The lowest BCUT2D eigenvalue weighted by Crippen LogP contribution is -2.15. The second-order valence-corrected chi connectivity index (χ2v) is 4.34. The van der Waals surface area contributed by atoms with Crippen LogP contribution < -0.4 is 5.49 Å². The van der Waals surface area contributed by atoms with E-state index in [1.54, 1.807) is 4.40 Å². The molecule has 2 heterocycles. The summed E-state index contributed by atoms with van der Waals surface area (Å²) in [4.78, 5) is 4.58. The molecule has 0 aliphatic rings. The zero-order valence-corrected chi connectivity index (χ0v) is 9.86. The Morgan fingerprint density at radius 1 is 1.12 bits per heavy atom. The van der Waals surface area contributed by atoms with E-state index in [2.05, 4.69) is 24.9 Å². The van der Waals surface area contributed by atoms with Crippen LogP contribution in [0.4, 0.5) is 0 Å². The Bertz CT molecular complexity index is 784. The van der Waals surface area contributed by atoms with Crippen molar-refractivity contribution in [1.82, 2.24) is 9.38 Å². The summed E-state index contributed by atoms with van der Waals surface area (Å²) in [6.45, 7) is 4.14. The maximum atomic E-state index is 8.22. The van der Waals surface area contributed by atoms with Gasteiger partial charge in [-0.05, 0) is 49.2 Å². The monoisotopic (exact) mass is 223 g/mol. The normalized spacial score (nSPS) is 11.2. The first-order chi connectivity index (χ1) is 8.16. The van der Waals surface area contributed by atoms with Crippen LogP contribution in [0.15, 0.2) is 36.5 Å². The summed E-state index contributed by atoms with van der Waals surface area (Å²) in [6, 6.07) is 9.87. The molecule has 0 atom stereocenters. The van der Waals surface area contributed by atoms with Gasteiger partial charge in [0.25, 0.3) is 0 Å². The molecule has 0 aliphatic carbocycles. The minimum absolute atomic E-state index is 0.494. The number of rotatable bonds is 0. The van der Waals surface area contributed by atoms with Crippen LogP contribution in [0.2, 0.25) is 0 Å². The standard InChI is InChI=1S/C14H13N3/c1-9-7-11-12(8-10(9)2)16-13-5-3-4-6-17(13)14(11)15/h3-8,15H,1-2H3. The number of aryl methyl sites for hydroxylation is 2. The highest BCUT2D eigenvalue weighted by Gasteiger charge is 2.04. The van der Waals surface area contributed by atoms with Crippen LogP contribution in [0.1, 0.15) is 11.1 Å². The van der Waals surface area contributed by atoms with Crippen LogP contribution in [-0.4, -0.2) is 9.38 Å². The first-order valence-corrected chi connectivity index (χ1v) is 5.60. The molecule has 0 aliphatic heterocycles. The molecular formula is C14H13N3. The van der Waals surface area contributed by atoms with Crippen molar-refractivity contribution in [2.75, 3.05) is 0 Å². The average Bonchev–Trinajstić information content (AvgIpc) is 2.32. The predicted molar refractivity (Wildman–Crippen MR) is 68.0 cm³/mol. The van der Waals surface area contributed by atoms with Crippen LogP contribution in [0.3, 0.4) is 0 Å². The topological polar surface area (TPSA) is 41.2 Å². The molecule has 84 valence electrons. The number of pyridine rings is 1. The average molecular weight is 223 g/mol. The summed E-state index contributed by atoms with van der Waals surface area (Å²) in [6.07, 6.45) is 1.87. The number of hydrogen-bond donors (Lipinski definition) is 1. The minimum atomic E-state index is 0.494. The summed E-state index contributed by atoms with van der Waals surface area (Å²) in [5, 5.41) is 9.12. The van der Waals surface area contributed by atoms with E-state index in [0.29, 0.717) is 5.49 Å². The molecule has 1 N–H and O–H groups in total. The Morgan fingerprint density at radius 3 is 2.71 bits per heavy atom. The van der Waals surface area contributed by atoms with Gasteiger partial charge < -0.3 is 0 Å². The van der Waals surface area contributed by atoms with Crippen molar-refractivity contribution >= 4 is 16.6 Å². The lowest BCUT2D eigenvalue weighted by atomic mass is 10.1. The van der Waals surface area contributed by atoms with Crippen molar-refractivity contribution in [2.45, 2.75) is 13.8 Å². The summed E-state index contributed by atoms with van der Waals surface area (Å²) < 4.78 is 1.80. The Labute approximate surface area is 98.9 Å². The maximum absolute atomic E-state index is 8.22. The lowest BCUT2D eigenvalue weighted by molar-refractivity contribution is 1.00. The van der Waals surface area contributed by atoms with E-state index in [1.807, 2.05) is 30.5 Å². The number of fused-ring (bicyclic) bond motifs is 2. The lowest BCUT2D eigenvalue weighted by Gasteiger charge is -2.07. The molecule has 2 aromatic heterocycles. The largest absolute Gasteiger partial charge is 0.286 e. The summed E-state index contributed by atoms with van der Waals surface area (Å²) in [5.74, 6) is 0. The van der Waals surface area contributed by atoms with Crippen molar-refractivity contribution in [3.05, 3.63) is 53.1 Å². The van der Waals surface area contributed by atoms with Crippen molar-refractivity contribution in [2.24, 2.45) is 0 Å². The van der Waals surface area contributed by atoms with Crippen LogP contribution in [-0.2, 0) is 0 Å². The molecule has 3 heteroatoms. The molecule has 1 aromatic carbocycles. The number of hydrogen-bond acceptors (Lipinski definition) is 2. The SMILES string of the molecule is Cc1cc2nc3ccccn3c(=N)c2cc1C. The van der Waals surface area contributed by atoms with Gasteiger partial charge in [-0.1, -0.05) is 6.07 Å². The second-order valence-electron chi connectivity index (χ2n) is 4.34. The molecule has 0 saturated heterocycles. The summed E-state index contributed by atoms with van der Waals surface area (Å²) >= 11 is 0. The van der Waals surface area contributed by atoms with Gasteiger partial charge in [-0.25, -0.2) is 4.98 Å². The van der Waals surface area contributed by atoms with Gasteiger partial charge in [0.15, 0.2) is 0 Å². The van der Waals surface area contributed by atoms with Gasteiger partial charge in [-0.3, -0.25) is 9.81 Å². The number of nitrogens with one attached hydrogen (secondary N) is 1. The molecule has 3 nitrogen and oxygen atoms in total. The summed E-state index contributed by atoms with van der Waals surface area (Å²) in [5.41, 5.74) is 4.61. The third kappa shape index (κ3) is 1.43. The van der Waals surface area contributed by atoms with E-state index >= 15 is 0 Å². The molecule has 0 radical (unpaired) electrons. The van der Waals surface area contributed by atoms with Crippen molar-refractivity contribution < 1.29 is 0 Å². The number of nitrogens with zero attached hydrogens (tertiary/aromatic N) is 2. The first-order valence-electron chi connectivity index (χ1n) is 5.60. The molecule has 3 rings (SSSR count). The van der Waals surface area contributed by atoms with Crippen LogP contribution in [0.5, 0.6) is 0 Å².